The smallest absolute Gasteiger partial charge is 0.234 e. The first-order valence-electron chi connectivity index (χ1n) is 7.02. The number of anilines is 2. The molecule has 0 aliphatic heterocycles. The zero-order valence-electron chi connectivity index (χ0n) is 12.6. The molecule has 2 aromatic carbocycles. The van der Waals surface area contributed by atoms with Gasteiger partial charge in [-0.2, -0.15) is 0 Å². The first-order valence-corrected chi connectivity index (χ1v) is 8.56. The molecule has 0 bridgehead atoms. The Morgan fingerprint density at radius 2 is 1.70 bits per heavy atom. The lowest BCUT2D eigenvalue weighted by molar-refractivity contribution is -0.114. The second-order valence-electron chi connectivity index (χ2n) is 4.93. The Kier molecular flexibility index (Phi) is 6.50. The Hall–Kier alpha value is -1.98. The molecule has 0 aliphatic rings. The number of amides is 2. The lowest BCUT2D eigenvalue weighted by Crippen LogP contribution is -2.14. The number of hydrogen-bond acceptors (Lipinski definition) is 3. The van der Waals surface area contributed by atoms with E-state index in [0.717, 1.165) is 11.3 Å². The van der Waals surface area contributed by atoms with Crippen LogP contribution in [0.25, 0.3) is 0 Å². The van der Waals surface area contributed by atoms with Crippen LogP contribution < -0.4 is 10.6 Å². The van der Waals surface area contributed by atoms with E-state index in [0.29, 0.717) is 22.2 Å². The van der Waals surface area contributed by atoms with Crippen LogP contribution in [0.2, 0.25) is 5.02 Å². The molecular formula is C17H17ClN2O2S. The number of thioether (sulfide) groups is 1. The predicted octanol–water partition coefficient (Wildman–Crippen LogP) is 4.17. The summed E-state index contributed by atoms with van der Waals surface area (Å²) in [5.41, 5.74) is 2.49. The highest BCUT2D eigenvalue weighted by molar-refractivity contribution is 7.99. The first kappa shape index (κ1) is 17.4. The highest BCUT2D eigenvalue weighted by Crippen LogP contribution is 2.17. The normalized spacial score (nSPS) is 10.2. The van der Waals surface area contributed by atoms with Crippen LogP contribution in [0.5, 0.6) is 0 Å². The van der Waals surface area contributed by atoms with E-state index in [1.165, 1.54) is 18.7 Å². The molecule has 0 spiro atoms. The number of hydrogen-bond donors (Lipinski definition) is 2. The lowest BCUT2D eigenvalue weighted by atomic mass is 10.2. The van der Waals surface area contributed by atoms with Crippen molar-refractivity contribution < 1.29 is 9.59 Å². The van der Waals surface area contributed by atoms with E-state index < -0.39 is 0 Å². The molecule has 4 nitrogen and oxygen atoms in total. The molecule has 0 aliphatic carbocycles. The monoisotopic (exact) mass is 348 g/mol. The first-order chi connectivity index (χ1) is 11.0. The molecule has 0 fully saturated rings. The highest BCUT2D eigenvalue weighted by Gasteiger charge is 2.04. The number of rotatable bonds is 6. The minimum Gasteiger partial charge on any atom is -0.326 e. The van der Waals surface area contributed by atoms with Crippen molar-refractivity contribution >= 4 is 46.6 Å². The maximum atomic E-state index is 11.9. The van der Waals surface area contributed by atoms with E-state index in [1.54, 1.807) is 24.3 Å². The molecule has 0 aromatic heterocycles. The van der Waals surface area contributed by atoms with Crippen molar-refractivity contribution in [1.82, 2.24) is 0 Å². The van der Waals surface area contributed by atoms with E-state index in [2.05, 4.69) is 10.6 Å². The lowest BCUT2D eigenvalue weighted by Gasteiger charge is -2.07. The average molecular weight is 349 g/mol. The Morgan fingerprint density at radius 3 is 2.30 bits per heavy atom. The van der Waals surface area contributed by atoms with E-state index >= 15 is 0 Å². The summed E-state index contributed by atoms with van der Waals surface area (Å²) < 4.78 is 0. The fourth-order valence-electron chi connectivity index (χ4n) is 1.93. The number of benzene rings is 2. The molecule has 0 saturated carbocycles. The second-order valence-corrected chi connectivity index (χ2v) is 6.35. The summed E-state index contributed by atoms with van der Waals surface area (Å²) in [7, 11) is 0. The predicted molar refractivity (Wildman–Crippen MR) is 97.0 cm³/mol. The Labute approximate surface area is 144 Å². The van der Waals surface area contributed by atoms with Gasteiger partial charge in [0.05, 0.1) is 5.75 Å². The van der Waals surface area contributed by atoms with Gasteiger partial charge in [-0.15, -0.1) is 11.8 Å². The number of nitrogens with one attached hydrogen (secondary N) is 2. The zero-order valence-corrected chi connectivity index (χ0v) is 14.2. The van der Waals surface area contributed by atoms with Crippen LogP contribution in [-0.4, -0.2) is 17.6 Å². The Morgan fingerprint density at radius 1 is 1.04 bits per heavy atom. The SMILES string of the molecule is CC(=O)Nc1ccc(NC(=O)CSCc2cccc(Cl)c2)cc1. The summed E-state index contributed by atoms with van der Waals surface area (Å²) in [6.45, 7) is 1.45. The largest absolute Gasteiger partial charge is 0.326 e. The number of carbonyl (C=O) groups excluding carboxylic acids is 2. The number of halogens is 1. The van der Waals surface area contributed by atoms with Gasteiger partial charge in [0.1, 0.15) is 0 Å². The van der Waals surface area contributed by atoms with Crippen molar-refractivity contribution in [2.75, 3.05) is 16.4 Å². The summed E-state index contributed by atoms with van der Waals surface area (Å²) >= 11 is 7.45. The Bertz CT molecular complexity index is 689. The maximum absolute atomic E-state index is 11.9. The minimum absolute atomic E-state index is 0.0655. The average Bonchev–Trinajstić information content (AvgIpc) is 2.49. The standard InChI is InChI=1S/C17H17ClN2O2S/c1-12(21)19-15-5-7-16(8-6-15)20-17(22)11-23-10-13-3-2-4-14(18)9-13/h2-9H,10-11H2,1H3,(H,19,21)(H,20,22). The topological polar surface area (TPSA) is 58.2 Å². The zero-order chi connectivity index (χ0) is 16.7. The van der Waals surface area contributed by atoms with Crippen molar-refractivity contribution in [3.8, 4) is 0 Å². The van der Waals surface area contributed by atoms with Crippen LogP contribution in [0.1, 0.15) is 12.5 Å². The van der Waals surface area contributed by atoms with Crippen molar-refractivity contribution in [1.29, 1.82) is 0 Å². The molecule has 0 radical (unpaired) electrons. The molecule has 2 N–H and O–H groups in total. The molecule has 0 heterocycles. The van der Waals surface area contributed by atoms with Crippen molar-refractivity contribution in [3.05, 3.63) is 59.1 Å². The van der Waals surface area contributed by atoms with Gasteiger partial charge in [-0.05, 0) is 42.0 Å². The van der Waals surface area contributed by atoms with Crippen LogP contribution in [0.4, 0.5) is 11.4 Å². The molecule has 6 heteroatoms. The highest BCUT2D eigenvalue weighted by atomic mass is 35.5. The molecule has 0 saturated heterocycles. The van der Waals surface area contributed by atoms with Gasteiger partial charge in [0, 0.05) is 29.1 Å². The molecule has 0 atom stereocenters. The van der Waals surface area contributed by atoms with Crippen LogP contribution >= 0.6 is 23.4 Å². The third kappa shape index (κ3) is 6.34. The van der Waals surface area contributed by atoms with Gasteiger partial charge >= 0.3 is 0 Å². The van der Waals surface area contributed by atoms with Crippen LogP contribution in [0.15, 0.2) is 48.5 Å². The summed E-state index contributed by atoms with van der Waals surface area (Å²) in [5, 5.41) is 6.20. The number of carbonyl (C=O) groups is 2. The molecule has 2 rings (SSSR count). The van der Waals surface area contributed by atoms with Gasteiger partial charge in [0.2, 0.25) is 11.8 Å². The Balaban J connectivity index is 1.77. The van der Waals surface area contributed by atoms with Crippen molar-refractivity contribution in [2.24, 2.45) is 0 Å². The molecule has 0 unspecified atom stereocenters. The molecule has 2 aromatic rings. The van der Waals surface area contributed by atoms with Gasteiger partial charge < -0.3 is 10.6 Å². The summed E-state index contributed by atoms with van der Waals surface area (Å²) in [5.74, 6) is 0.901. The maximum Gasteiger partial charge on any atom is 0.234 e. The molecular weight excluding hydrogens is 332 g/mol. The molecule has 120 valence electrons. The van der Waals surface area contributed by atoms with E-state index in [4.69, 9.17) is 11.6 Å². The third-order valence-corrected chi connectivity index (χ3v) is 4.12. The third-order valence-electron chi connectivity index (χ3n) is 2.88. The fraction of sp³-hybridized carbons (Fsp3) is 0.176. The molecule has 23 heavy (non-hydrogen) atoms. The summed E-state index contributed by atoms with van der Waals surface area (Å²) in [4.78, 5) is 22.8. The quantitative estimate of drug-likeness (QED) is 0.823. The van der Waals surface area contributed by atoms with Crippen molar-refractivity contribution in [2.45, 2.75) is 12.7 Å². The summed E-state index contributed by atoms with van der Waals surface area (Å²) in [6.07, 6.45) is 0. The van der Waals surface area contributed by atoms with Gasteiger partial charge in [-0.3, -0.25) is 9.59 Å². The van der Waals surface area contributed by atoms with Gasteiger partial charge in [-0.1, -0.05) is 23.7 Å². The molecule has 2 amide bonds. The fourth-order valence-corrected chi connectivity index (χ4v) is 2.91. The van der Waals surface area contributed by atoms with E-state index in [9.17, 15) is 9.59 Å². The second kappa shape index (κ2) is 8.60. The summed E-state index contributed by atoms with van der Waals surface area (Å²) in [6, 6.07) is 14.6. The minimum atomic E-state index is -0.126. The van der Waals surface area contributed by atoms with Crippen LogP contribution in [-0.2, 0) is 15.3 Å². The van der Waals surface area contributed by atoms with Crippen LogP contribution in [0, 0.1) is 0 Å². The van der Waals surface area contributed by atoms with Crippen LogP contribution in [0.3, 0.4) is 0 Å². The van der Waals surface area contributed by atoms with Crippen molar-refractivity contribution in [3.63, 3.8) is 0 Å². The van der Waals surface area contributed by atoms with E-state index in [1.807, 2.05) is 24.3 Å². The van der Waals surface area contributed by atoms with Gasteiger partial charge in [-0.25, -0.2) is 0 Å². The van der Waals surface area contributed by atoms with E-state index in [-0.39, 0.29) is 11.8 Å². The van der Waals surface area contributed by atoms with Gasteiger partial charge in [0.15, 0.2) is 0 Å². The van der Waals surface area contributed by atoms with Gasteiger partial charge in [0.25, 0.3) is 0 Å².